The lowest BCUT2D eigenvalue weighted by Crippen LogP contribution is -2.09. The highest BCUT2D eigenvalue weighted by Crippen LogP contribution is 2.40. The fourth-order valence-corrected chi connectivity index (χ4v) is 4.89. The molecule has 7 heteroatoms. The fourth-order valence-electron chi connectivity index (χ4n) is 3.46. The lowest BCUT2D eigenvalue weighted by atomic mass is 9.89. The first kappa shape index (κ1) is 16.8. The van der Waals surface area contributed by atoms with Crippen LogP contribution in [0.4, 0.5) is 11.5 Å². The Morgan fingerprint density at radius 2 is 2.15 bits per heavy atom. The van der Waals surface area contributed by atoms with Crippen molar-refractivity contribution >= 4 is 39.0 Å². The van der Waals surface area contributed by atoms with Crippen LogP contribution in [-0.4, -0.2) is 26.2 Å². The maximum absolute atomic E-state index is 11.3. The summed E-state index contributed by atoms with van der Waals surface area (Å²) in [6.45, 7) is 4.12. The van der Waals surface area contributed by atoms with Gasteiger partial charge in [-0.25, -0.2) is 14.8 Å². The van der Waals surface area contributed by atoms with Crippen LogP contribution in [0.15, 0.2) is 18.2 Å². The van der Waals surface area contributed by atoms with Gasteiger partial charge in [0.05, 0.1) is 5.39 Å². The minimum absolute atomic E-state index is 0.141. The van der Waals surface area contributed by atoms with Crippen molar-refractivity contribution in [1.82, 2.24) is 9.97 Å². The number of aryl methyl sites for hydroxylation is 2. The van der Waals surface area contributed by atoms with Crippen LogP contribution in [0.3, 0.4) is 0 Å². The molecule has 0 bridgehead atoms. The van der Waals surface area contributed by atoms with Crippen molar-refractivity contribution in [2.45, 2.75) is 33.1 Å². The quantitative estimate of drug-likeness (QED) is 0.597. The zero-order valence-electron chi connectivity index (χ0n) is 14.5. The maximum Gasteiger partial charge on any atom is 0.339 e. The minimum atomic E-state index is -1.17. The zero-order chi connectivity index (χ0) is 18.4. The number of anilines is 2. The predicted molar refractivity (Wildman–Crippen MR) is 102 cm³/mol. The van der Waals surface area contributed by atoms with Crippen molar-refractivity contribution in [2.75, 3.05) is 5.32 Å². The molecule has 2 aromatic heterocycles. The summed E-state index contributed by atoms with van der Waals surface area (Å²) < 4.78 is 0. The Labute approximate surface area is 154 Å². The molecule has 0 aliphatic heterocycles. The number of thiophene rings is 1. The van der Waals surface area contributed by atoms with Gasteiger partial charge in [0.2, 0.25) is 0 Å². The number of phenols is 1. The average Bonchev–Trinajstić information content (AvgIpc) is 2.93. The van der Waals surface area contributed by atoms with Crippen molar-refractivity contribution < 1.29 is 15.0 Å². The summed E-state index contributed by atoms with van der Waals surface area (Å²) in [6, 6.07) is 4.44. The van der Waals surface area contributed by atoms with Gasteiger partial charge in [-0.15, -0.1) is 11.3 Å². The van der Waals surface area contributed by atoms with Crippen molar-refractivity contribution in [1.29, 1.82) is 0 Å². The number of carbonyl (C=O) groups is 1. The van der Waals surface area contributed by atoms with Crippen LogP contribution in [0.1, 0.15) is 40.0 Å². The van der Waals surface area contributed by atoms with Gasteiger partial charge in [0.1, 0.15) is 27.8 Å². The first-order valence-electron chi connectivity index (χ1n) is 8.54. The van der Waals surface area contributed by atoms with Gasteiger partial charge in [-0.2, -0.15) is 0 Å². The highest BCUT2D eigenvalue weighted by molar-refractivity contribution is 7.19. The van der Waals surface area contributed by atoms with Gasteiger partial charge >= 0.3 is 5.97 Å². The van der Waals surface area contributed by atoms with E-state index < -0.39 is 5.97 Å². The number of aromatic nitrogens is 2. The molecular weight excluding hydrogens is 350 g/mol. The summed E-state index contributed by atoms with van der Waals surface area (Å²) in [5, 5.41) is 23.2. The molecule has 2 heterocycles. The Morgan fingerprint density at radius 1 is 1.35 bits per heavy atom. The summed E-state index contributed by atoms with van der Waals surface area (Å²) in [5.41, 5.74) is 1.74. The highest BCUT2D eigenvalue weighted by atomic mass is 32.1. The number of nitrogens with one attached hydrogen (secondary N) is 1. The van der Waals surface area contributed by atoms with Gasteiger partial charge in [-0.05, 0) is 55.9 Å². The third-order valence-corrected chi connectivity index (χ3v) is 5.90. The molecule has 0 amide bonds. The van der Waals surface area contributed by atoms with Crippen LogP contribution in [0.25, 0.3) is 10.2 Å². The predicted octanol–water partition coefficient (Wildman–Crippen LogP) is 4.27. The van der Waals surface area contributed by atoms with E-state index >= 15 is 0 Å². The SMILES string of the molecule is Cc1nc(Nc2ccc(O)c(C(=O)O)c2)c2c3c(sc2n1)CC(C)CC3. The van der Waals surface area contributed by atoms with E-state index in [4.69, 9.17) is 0 Å². The number of aromatic hydroxyl groups is 1. The third kappa shape index (κ3) is 2.88. The lowest BCUT2D eigenvalue weighted by Gasteiger charge is -2.18. The number of aromatic carboxylic acids is 1. The van der Waals surface area contributed by atoms with Crippen LogP contribution in [0.5, 0.6) is 5.75 Å². The third-order valence-electron chi connectivity index (χ3n) is 4.76. The molecule has 1 aliphatic carbocycles. The van der Waals surface area contributed by atoms with Gasteiger partial charge in [0.25, 0.3) is 0 Å². The summed E-state index contributed by atoms with van der Waals surface area (Å²) in [5.74, 6) is 0.618. The van der Waals surface area contributed by atoms with E-state index in [0.29, 0.717) is 23.2 Å². The fraction of sp³-hybridized carbons (Fsp3) is 0.316. The zero-order valence-corrected chi connectivity index (χ0v) is 15.4. The van der Waals surface area contributed by atoms with Crippen molar-refractivity contribution in [3.05, 3.63) is 40.0 Å². The Balaban J connectivity index is 1.82. The molecule has 3 N–H and O–H groups in total. The number of carboxylic acids is 1. The number of hydrogen-bond donors (Lipinski definition) is 3. The number of hydrogen-bond acceptors (Lipinski definition) is 6. The number of benzene rings is 1. The first-order chi connectivity index (χ1) is 12.4. The Kier molecular flexibility index (Phi) is 4.03. The van der Waals surface area contributed by atoms with E-state index in [1.165, 1.54) is 22.6 Å². The second-order valence-electron chi connectivity index (χ2n) is 6.81. The number of rotatable bonds is 3. The van der Waals surface area contributed by atoms with Gasteiger partial charge in [0.15, 0.2) is 0 Å². The van der Waals surface area contributed by atoms with E-state index in [1.54, 1.807) is 17.4 Å². The van der Waals surface area contributed by atoms with Crippen molar-refractivity contribution in [3.8, 4) is 5.75 Å². The average molecular weight is 369 g/mol. The van der Waals surface area contributed by atoms with Gasteiger partial charge in [0, 0.05) is 10.6 Å². The number of fused-ring (bicyclic) bond motifs is 3. The summed E-state index contributed by atoms with van der Waals surface area (Å²) >= 11 is 1.73. The molecule has 4 rings (SSSR count). The molecule has 1 aliphatic rings. The minimum Gasteiger partial charge on any atom is -0.507 e. The number of carboxylic acid groups (broad SMARTS) is 1. The molecule has 0 spiro atoms. The maximum atomic E-state index is 11.3. The van der Waals surface area contributed by atoms with Crippen LogP contribution < -0.4 is 5.32 Å². The van der Waals surface area contributed by atoms with Crippen LogP contribution >= 0.6 is 11.3 Å². The van der Waals surface area contributed by atoms with Gasteiger partial charge in [-0.1, -0.05) is 6.92 Å². The monoisotopic (exact) mass is 369 g/mol. The van der Waals surface area contributed by atoms with Crippen molar-refractivity contribution in [2.24, 2.45) is 5.92 Å². The summed E-state index contributed by atoms with van der Waals surface area (Å²) in [6.07, 6.45) is 3.22. The van der Waals surface area contributed by atoms with Crippen LogP contribution in [-0.2, 0) is 12.8 Å². The van der Waals surface area contributed by atoms with E-state index in [-0.39, 0.29) is 11.3 Å². The van der Waals surface area contributed by atoms with E-state index in [1.807, 2.05) is 6.92 Å². The molecular formula is C19H19N3O3S. The molecule has 1 aromatic carbocycles. The summed E-state index contributed by atoms with van der Waals surface area (Å²) in [4.78, 5) is 22.8. The standard InChI is InChI=1S/C19H19N3O3S/c1-9-3-5-12-15(7-9)26-18-16(12)17(20-10(2)21-18)22-11-4-6-14(23)13(8-11)19(24)25/h4,6,8-9,23H,3,5,7H2,1-2H3,(H,24,25)(H,20,21,22). The largest absolute Gasteiger partial charge is 0.507 e. The van der Waals surface area contributed by atoms with Crippen LogP contribution in [0.2, 0.25) is 0 Å². The second kappa shape index (κ2) is 6.25. The summed E-state index contributed by atoms with van der Waals surface area (Å²) in [7, 11) is 0. The first-order valence-corrected chi connectivity index (χ1v) is 9.36. The second-order valence-corrected chi connectivity index (χ2v) is 7.90. The van der Waals surface area contributed by atoms with E-state index in [0.717, 1.165) is 29.5 Å². The normalized spacial score (nSPS) is 16.5. The molecule has 134 valence electrons. The van der Waals surface area contributed by atoms with Gasteiger partial charge < -0.3 is 15.5 Å². The molecule has 0 radical (unpaired) electrons. The van der Waals surface area contributed by atoms with Crippen LogP contribution in [0, 0.1) is 12.8 Å². The molecule has 6 nitrogen and oxygen atoms in total. The lowest BCUT2D eigenvalue weighted by molar-refractivity contribution is 0.0694. The molecule has 0 saturated heterocycles. The molecule has 0 fully saturated rings. The van der Waals surface area contributed by atoms with E-state index in [2.05, 4.69) is 22.2 Å². The number of nitrogens with zero attached hydrogens (tertiary/aromatic N) is 2. The van der Waals surface area contributed by atoms with Gasteiger partial charge in [-0.3, -0.25) is 0 Å². The Bertz CT molecular complexity index is 1030. The smallest absolute Gasteiger partial charge is 0.339 e. The van der Waals surface area contributed by atoms with E-state index in [9.17, 15) is 15.0 Å². The Hall–Kier alpha value is -2.67. The molecule has 1 unspecified atom stereocenters. The molecule has 26 heavy (non-hydrogen) atoms. The highest BCUT2D eigenvalue weighted by Gasteiger charge is 2.24. The molecule has 0 saturated carbocycles. The topological polar surface area (TPSA) is 95.3 Å². The molecule has 1 atom stereocenters. The van der Waals surface area contributed by atoms with Crippen molar-refractivity contribution in [3.63, 3.8) is 0 Å². The molecule has 3 aromatic rings. The Morgan fingerprint density at radius 3 is 2.92 bits per heavy atom.